The second-order valence-electron chi connectivity index (χ2n) is 8.31. The lowest BCUT2D eigenvalue weighted by Crippen LogP contribution is -2.51. The van der Waals surface area contributed by atoms with E-state index >= 15 is 0 Å². The predicted molar refractivity (Wildman–Crippen MR) is 91.9 cm³/mol. The monoisotopic (exact) mass is 325 g/mol. The van der Waals surface area contributed by atoms with Crippen molar-refractivity contribution in [2.75, 3.05) is 0 Å². The highest BCUT2D eigenvalue weighted by atomic mass is 16.3. The molecule has 2 fully saturated rings. The predicted octanol–water partition coefficient (Wildman–Crippen LogP) is 4.23. The van der Waals surface area contributed by atoms with Crippen molar-refractivity contribution in [3.05, 3.63) is 22.8 Å². The smallest absolute Gasteiger partial charge is 0.156 e. The second-order valence-corrected chi connectivity index (χ2v) is 8.31. The van der Waals surface area contributed by atoms with Crippen molar-refractivity contribution in [1.82, 2.24) is 0 Å². The lowest BCUT2D eigenvalue weighted by molar-refractivity contribution is -0.114. The van der Waals surface area contributed by atoms with Crippen LogP contribution in [-0.4, -0.2) is 16.5 Å². The van der Waals surface area contributed by atoms with E-state index in [1.165, 1.54) is 11.1 Å². The van der Waals surface area contributed by atoms with E-state index in [1.807, 2.05) is 6.08 Å². The molecule has 0 aromatic carbocycles. The van der Waals surface area contributed by atoms with Crippen LogP contribution in [0.15, 0.2) is 22.8 Å². The molecule has 4 aliphatic rings. The molecule has 0 aromatic rings. The molecule has 4 atom stereocenters. The first kappa shape index (κ1) is 16.1. The summed E-state index contributed by atoms with van der Waals surface area (Å²) in [5, 5.41) is 20.5. The number of allylic oxidation sites excluding steroid dienone is 4. The van der Waals surface area contributed by atoms with Crippen LogP contribution in [0.1, 0.15) is 71.1 Å². The fourth-order valence-electron chi connectivity index (χ4n) is 6.63. The van der Waals surface area contributed by atoms with Gasteiger partial charge in [0.25, 0.3) is 0 Å². The maximum atomic E-state index is 11.8. The van der Waals surface area contributed by atoms with Gasteiger partial charge >= 0.3 is 0 Å². The zero-order valence-corrected chi connectivity index (χ0v) is 14.6. The third-order valence-electron chi connectivity index (χ3n) is 7.74. The fraction of sp³-hybridized carbons (Fsp3) is 0.714. The molecule has 0 saturated heterocycles. The highest BCUT2D eigenvalue weighted by Crippen LogP contribution is 2.65. The Hall–Kier alpha value is -1.40. The Kier molecular flexibility index (Phi) is 3.73. The zero-order chi connectivity index (χ0) is 16.9. The van der Waals surface area contributed by atoms with Crippen molar-refractivity contribution in [2.24, 2.45) is 17.3 Å². The van der Waals surface area contributed by atoms with Crippen molar-refractivity contribution < 1.29 is 9.90 Å². The molecule has 3 heteroatoms. The SMILES string of the molecule is CC[C@]12CCC3=C4CCC(=O)C=C4CC[C@H]3[C@@H]1CC[C@@]2(O)CC#N. The van der Waals surface area contributed by atoms with Gasteiger partial charge in [-0.1, -0.05) is 12.5 Å². The van der Waals surface area contributed by atoms with Crippen molar-refractivity contribution in [3.63, 3.8) is 0 Å². The summed E-state index contributed by atoms with van der Waals surface area (Å²) < 4.78 is 0. The van der Waals surface area contributed by atoms with Crippen LogP contribution in [0.5, 0.6) is 0 Å². The lowest BCUT2D eigenvalue weighted by Gasteiger charge is -2.53. The number of rotatable bonds is 2. The molecule has 0 aromatic heterocycles. The molecule has 0 heterocycles. The standard InChI is InChI=1S/C21H27NO2/c1-2-20-9-7-17-16-6-4-15(23)13-14(16)3-5-18(17)19(20)8-10-21(20,24)11-12-22/h13,18-19,24H,2-11H2,1H3/t18-,19+,20+,21-/m1/s1. The third-order valence-corrected chi connectivity index (χ3v) is 7.74. The minimum atomic E-state index is -0.796. The summed E-state index contributed by atoms with van der Waals surface area (Å²) in [6.07, 6.45) is 10.7. The Labute approximate surface area is 144 Å². The van der Waals surface area contributed by atoms with E-state index in [4.69, 9.17) is 0 Å². The van der Waals surface area contributed by atoms with Gasteiger partial charge in [-0.15, -0.1) is 0 Å². The number of carbonyl (C=O) groups is 1. The zero-order valence-electron chi connectivity index (χ0n) is 14.6. The Morgan fingerprint density at radius 1 is 1.25 bits per heavy atom. The van der Waals surface area contributed by atoms with Gasteiger partial charge in [0, 0.05) is 11.8 Å². The van der Waals surface area contributed by atoms with Crippen molar-refractivity contribution in [3.8, 4) is 6.07 Å². The van der Waals surface area contributed by atoms with Gasteiger partial charge in [0.1, 0.15) is 0 Å². The van der Waals surface area contributed by atoms with Crippen molar-refractivity contribution in [1.29, 1.82) is 5.26 Å². The van der Waals surface area contributed by atoms with E-state index in [2.05, 4.69) is 13.0 Å². The molecule has 4 aliphatic carbocycles. The largest absolute Gasteiger partial charge is 0.388 e. The summed E-state index contributed by atoms with van der Waals surface area (Å²) >= 11 is 0. The molecular formula is C21H27NO2. The first-order valence-electron chi connectivity index (χ1n) is 9.59. The average molecular weight is 325 g/mol. The van der Waals surface area contributed by atoms with E-state index in [-0.39, 0.29) is 17.6 Å². The van der Waals surface area contributed by atoms with E-state index in [0.29, 0.717) is 18.3 Å². The van der Waals surface area contributed by atoms with Crippen LogP contribution in [0.25, 0.3) is 0 Å². The fourth-order valence-corrected chi connectivity index (χ4v) is 6.63. The minimum absolute atomic E-state index is 0.0802. The highest BCUT2D eigenvalue weighted by Gasteiger charge is 2.62. The third kappa shape index (κ3) is 2.02. The van der Waals surface area contributed by atoms with Crippen LogP contribution in [0.4, 0.5) is 0 Å². The lowest BCUT2D eigenvalue weighted by atomic mass is 9.53. The van der Waals surface area contributed by atoms with Gasteiger partial charge in [0.2, 0.25) is 0 Å². The number of nitrogens with zero attached hydrogens (tertiary/aromatic N) is 1. The molecule has 0 amide bonds. The first-order chi connectivity index (χ1) is 11.5. The normalized spacial score (nSPS) is 41.2. The molecule has 0 radical (unpaired) electrons. The van der Waals surface area contributed by atoms with Gasteiger partial charge < -0.3 is 5.11 Å². The van der Waals surface area contributed by atoms with Gasteiger partial charge in [-0.2, -0.15) is 5.26 Å². The Morgan fingerprint density at radius 3 is 2.83 bits per heavy atom. The van der Waals surface area contributed by atoms with Crippen LogP contribution >= 0.6 is 0 Å². The molecular weight excluding hydrogens is 298 g/mol. The molecule has 0 spiro atoms. The van der Waals surface area contributed by atoms with Crippen LogP contribution in [0.3, 0.4) is 0 Å². The van der Waals surface area contributed by atoms with E-state index in [0.717, 1.165) is 51.4 Å². The van der Waals surface area contributed by atoms with Crippen LogP contribution < -0.4 is 0 Å². The average Bonchev–Trinajstić information content (AvgIpc) is 2.88. The maximum Gasteiger partial charge on any atom is 0.156 e. The molecule has 4 rings (SSSR count). The maximum absolute atomic E-state index is 11.8. The molecule has 2 saturated carbocycles. The first-order valence-corrected chi connectivity index (χ1v) is 9.59. The van der Waals surface area contributed by atoms with Crippen molar-refractivity contribution in [2.45, 2.75) is 76.7 Å². The number of fused-ring (bicyclic) bond motifs is 4. The summed E-state index contributed by atoms with van der Waals surface area (Å²) in [6.45, 7) is 2.20. The van der Waals surface area contributed by atoms with Crippen LogP contribution in [-0.2, 0) is 4.79 Å². The number of ketones is 1. The second kappa shape index (κ2) is 5.56. The van der Waals surface area contributed by atoms with Gasteiger partial charge in [-0.05, 0) is 80.4 Å². The summed E-state index contributed by atoms with van der Waals surface area (Å²) in [6, 6.07) is 2.26. The Balaban J connectivity index is 1.74. The summed E-state index contributed by atoms with van der Waals surface area (Å²) in [5.41, 5.74) is 3.49. The number of nitriles is 1. The van der Waals surface area contributed by atoms with E-state index in [9.17, 15) is 15.2 Å². The number of carbonyl (C=O) groups excluding carboxylic acids is 1. The summed E-state index contributed by atoms with van der Waals surface area (Å²) in [4.78, 5) is 11.8. The number of hydrogen-bond acceptors (Lipinski definition) is 3. The molecule has 24 heavy (non-hydrogen) atoms. The Bertz CT molecular complexity index is 682. The van der Waals surface area contributed by atoms with Gasteiger partial charge in [-0.25, -0.2) is 0 Å². The van der Waals surface area contributed by atoms with Crippen molar-refractivity contribution >= 4 is 5.78 Å². The number of hydrogen-bond donors (Lipinski definition) is 1. The quantitative estimate of drug-likeness (QED) is 0.826. The molecule has 0 bridgehead atoms. The number of aliphatic hydroxyl groups is 1. The molecule has 128 valence electrons. The van der Waals surface area contributed by atoms with Crippen LogP contribution in [0, 0.1) is 28.6 Å². The molecule has 0 unspecified atom stereocenters. The Morgan fingerprint density at radius 2 is 2.08 bits per heavy atom. The minimum Gasteiger partial charge on any atom is -0.388 e. The van der Waals surface area contributed by atoms with Gasteiger partial charge in [0.15, 0.2) is 5.78 Å². The summed E-state index contributed by atoms with van der Waals surface area (Å²) in [7, 11) is 0. The van der Waals surface area contributed by atoms with Gasteiger partial charge in [0.05, 0.1) is 18.1 Å². The highest BCUT2D eigenvalue weighted by molar-refractivity contribution is 5.93. The van der Waals surface area contributed by atoms with Crippen LogP contribution in [0.2, 0.25) is 0 Å². The molecule has 1 N–H and O–H groups in total. The molecule has 3 nitrogen and oxygen atoms in total. The summed E-state index contributed by atoms with van der Waals surface area (Å²) in [5.74, 6) is 1.36. The van der Waals surface area contributed by atoms with Gasteiger partial charge in [-0.3, -0.25) is 4.79 Å². The van der Waals surface area contributed by atoms with E-state index in [1.54, 1.807) is 5.57 Å². The van der Waals surface area contributed by atoms with E-state index < -0.39 is 5.60 Å². The topological polar surface area (TPSA) is 61.1 Å². The molecule has 0 aliphatic heterocycles.